The Kier molecular flexibility index (Phi) is 5.43. The lowest BCUT2D eigenvalue weighted by atomic mass is 10.2. The first-order chi connectivity index (χ1) is 8.49. The Hall–Kier alpha value is -1.27. The van der Waals surface area contributed by atoms with Gasteiger partial charge in [-0.2, -0.15) is 0 Å². The van der Waals surface area contributed by atoms with Crippen LogP contribution in [0.2, 0.25) is 5.02 Å². The average Bonchev–Trinajstić information content (AvgIpc) is 2.34. The van der Waals surface area contributed by atoms with Crippen LogP contribution in [0.15, 0.2) is 27.8 Å². The van der Waals surface area contributed by atoms with E-state index < -0.39 is 0 Å². The van der Waals surface area contributed by atoms with Crippen LogP contribution in [0.25, 0.3) is 0 Å². The number of oxime groups is 1. The first-order valence-corrected chi connectivity index (χ1v) is 6.37. The van der Waals surface area contributed by atoms with Crippen molar-refractivity contribution in [1.82, 2.24) is 4.90 Å². The predicted molar refractivity (Wildman–Crippen MR) is 74.1 cm³/mol. The van der Waals surface area contributed by atoms with Crippen LogP contribution in [-0.2, 0) is 0 Å². The van der Waals surface area contributed by atoms with Gasteiger partial charge < -0.3 is 15.8 Å². The van der Waals surface area contributed by atoms with Crippen molar-refractivity contribution in [3.05, 3.63) is 33.3 Å². The van der Waals surface area contributed by atoms with Crippen LogP contribution in [0, 0.1) is 0 Å². The summed E-state index contributed by atoms with van der Waals surface area (Å²) < 4.78 is 0.609. The fourth-order valence-electron chi connectivity index (χ4n) is 1.39. The molecule has 5 nitrogen and oxygen atoms in total. The quantitative estimate of drug-likeness (QED) is 0.384. The maximum Gasteiger partial charge on any atom is 0.255 e. The van der Waals surface area contributed by atoms with E-state index in [1.54, 1.807) is 18.2 Å². The van der Waals surface area contributed by atoms with E-state index in [-0.39, 0.29) is 18.3 Å². The molecule has 0 aliphatic heterocycles. The fraction of sp³-hybridized carbons (Fsp3) is 0.273. The number of halogens is 2. The van der Waals surface area contributed by atoms with E-state index in [1.165, 1.54) is 4.90 Å². The van der Waals surface area contributed by atoms with Gasteiger partial charge in [-0.3, -0.25) is 4.79 Å². The summed E-state index contributed by atoms with van der Waals surface area (Å²) in [5.41, 5.74) is 5.88. The van der Waals surface area contributed by atoms with Gasteiger partial charge in [-0.05, 0) is 41.1 Å². The molecular weight excluding hydrogens is 321 g/mol. The largest absolute Gasteiger partial charge is 0.409 e. The third kappa shape index (κ3) is 3.61. The Morgan fingerprint density at radius 3 is 2.78 bits per heavy atom. The van der Waals surface area contributed by atoms with Crippen LogP contribution in [0.4, 0.5) is 0 Å². The van der Waals surface area contributed by atoms with E-state index in [0.717, 1.165) is 0 Å². The molecule has 7 heteroatoms. The summed E-state index contributed by atoms with van der Waals surface area (Å²) in [5.74, 6) is -0.233. The Morgan fingerprint density at radius 1 is 1.61 bits per heavy atom. The minimum absolute atomic E-state index is 0.0183. The number of amidine groups is 1. The molecule has 0 atom stereocenters. The first-order valence-electron chi connectivity index (χ1n) is 5.20. The Balaban J connectivity index is 2.96. The molecule has 0 aliphatic rings. The van der Waals surface area contributed by atoms with Gasteiger partial charge in [0.25, 0.3) is 5.91 Å². The highest BCUT2D eigenvalue weighted by molar-refractivity contribution is 9.10. The summed E-state index contributed by atoms with van der Waals surface area (Å²) in [6.45, 7) is 2.33. The van der Waals surface area contributed by atoms with Gasteiger partial charge in [0.15, 0.2) is 5.84 Å². The number of hydrogen-bond acceptors (Lipinski definition) is 3. The zero-order valence-corrected chi connectivity index (χ0v) is 12.1. The third-order valence-electron chi connectivity index (χ3n) is 2.31. The molecule has 1 aromatic rings. The number of benzene rings is 1. The second-order valence-corrected chi connectivity index (χ2v) is 4.83. The molecule has 0 bridgehead atoms. The highest BCUT2D eigenvalue weighted by Gasteiger charge is 2.18. The smallest absolute Gasteiger partial charge is 0.255 e. The predicted octanol–water partition coefficient (Wildman–Crippen LogP) is 2.31. The zero-order chi connectivity index (χ0) is 13.7. The van der Waals surface area contributed by atoms with Crippen molar-refractivity contribution in [3.8, 4) is 0 Å². The van der Waals surface area contributed by atoms with Crippen molar-refractivity contribution < 1.29 is 10.0 Å². The Bertz CT molecular complexity index is 479. The topological polar surface area (TPSA) is 78.9 Å². The monoisotopic (exact) mass is 333 g/mol. The van der Waals surface area contributed by atoms with Gasteiger partial charge in [0.2, 0.25) is 0 Å². The van der Waals surface area contributed by atoms with E-state index in [4.69, 9.17) is 22.5 Å². The van der Waals surface area contributed by atoms with Crippen LogP contribution in [0.3, 0.4) is 0 Å². The molecule has 98 valence electrons. The molecular formula is C11H13BrClN3O2. The van der Waals surface area contributed by atoms with Gasteiger partial charge in [0.1, 0.15) is 0 Å². The third-order valence-corrected chi connectivity index (χ3v) is 3.20. The van der Waals surface area contributed by atoms with Gasteiger partial charge in [-0.15, -0.1) is 0 Å². The Labute approximate surface area is 118 Å². The molecule has 0 aromatic heterocycles. The molecule has 1 aromatic carbocycles. The normalized spacial score (nSPS) is 11.4. The molecule has 0 unspecified atom stereocenters. The molecule has 0 saturated carbocycles. The van der Waals surface area contributed by atoms with Gasteiger partial charge in [-0.25, -0.2) is 0 Å². The summed E-state index contributed by atoms with van der Waals surface area (Å²) in [4.78, 5) is 13.7. The Morgan fingerprint density at radius 2 is 2.28 bits per heavy atom. The number of carbonyl (C=O) groups excluding carboxylic acids is 1. The van der Waals surface area contributed by atoms with Crippen LogP contribution in [-0.4, -0.2) is 34.9 Å². The summed E-state index contributed by atoms with van der Waals surface area (Å²) >= 11 is 9.10. The minimum atomic E-state index is -0.215. The second-order valence-electron chi connectivity index (χ2n) is 3.53. The second kappa shape index (κ2) is 6.61. The van der Waals surface area contributed by atoms with Crippen molar-refractivity contribution in [1.29, 1.82) is 0 Å². The van der Waals surface area contributed by atoms with Crippen LogP contribution >= 0.6 is 27.5 Å². The first kappa shape index (κ1) is 14.8. The molecule has 1 amide bonds. The maximum atomic E-state index is 12.2. The SMILES string of the molecule is CCN(C/C(N)=N/O)C(=O)c1ccc(Cl)cc1Br. The number of nitrogens with two attached hydrogens (primary N) is 1. The summed E-state index contributed by atoms with van der Waals surface area (Å²) in [5, 5.41) is 11.9. The van der Waals surface area contributed by atoms with E-state index in [0.29, 0.717) is 21.6 Å². The van der Waals surface area contributed by atoms with Crippen molar-refractivity contribution in [3.63, 3.8) is 0 Å². The van der Waals surface area contributed by atoms with Crippen LogP contribution < -0.4 is 5.73 Å². The zero-order valence-electron chi connectivity index (χ0n) is 9.73. The molecule has 0 fully saturated rings. The fourth-order valence-corrected chi connectivity index (χ4v) is 2.24. The standard InChI is InChI=1S/C11H13BrClN3O2/c1-2-16(6-10(14)15-18)11(17)8-4-3-7(13)5-9(8)12/h3-5,18H,2,6H2,1H3,(H2,14,15). The van der Waals surface area contributed by atoms with E-state index in [1.807, 2.05) is 6.92 Å². The highest BCUT2D eigenvalue weighted by atomic mass is 79.9. The van der Waals surface area contributed by atoms with Crippen molar-refractivity contribution in [2.75, 3.05) is 13.1 Å². The van der Waals surface area contributed by atoms with Crippen LogP contribution in [0.5, 0.6) is 0 Å². The molecule has 3 N–H and O–H groups in total. The summed E-state index contributed by atoms with van der Waals surface area (Å²) in [6, 6.07) is 4.91. The molecule has 0 radical (unpaired) electrons. The minimum Gasteiger partial charge on any atom is -0.409 e. The molecule has 0 heterocycles. The maximum absolute atomic E-state index is 12.2. The van der Waals surface area contributed by atoms with Crippen molar-refractivity contribution in [2.45, 2.75) is 6.92 Å². The molecule has 1 rings (SSSR count). The molecule has 0 saturated heterocycles. The lowest BCUT2D eigenvalue weighted by Gasteiger charge is -2.20. The number of rotatable bonds is 4. The average molecular weight is 335 g/mol. The number of amides is 1. The van der Waals surface area contributed by atoms with Gasteiger partial charge in [0.05, 0.1) is 12.1 Å². The lowest BCUT2D eigenvalue weighted by Crippen LogP contribution is -2.38. The summed E-state index contributed by atoms with van der Waals surface area (Å²) in [6.07, 6.45) is 0. The van der Waals surface area contributed by atoms with Gasteiger partial charge in [-0.1, -0.05) is 16.8 Å². The molecule has 0 spiro atoms. The lowest BCUT2D eigenvalue weighted by molar-refractivity contribution is 0.0785. The van der Waals surface area contributed by atoms with Crippen LogP contribution in [0.1, 0.15) is 17.3 Å². The number of carbonyl (C=O) groups is 1. The molecule has 0 aliphatic carbocycles. The van der Waals surface area contributed by atoms with Crippen molar-refractivity contribution >= 4 is 39.3 Å². The van der Waals surface area contributed by atoms with Gasteiger partial charge in [0, 0.05) is 16.0 Å². The van der Waals surface area contributed by atoms with Gasteiger partial charge >= 0.3 is 0 Å². The van der Waals surface area contributed by atoms with E-state index in [9.17, 15) is 4.79 Å². The number of hydrogen-bond donors (Lipinski definition) is 2. The van der Waals surface area contributed by atoms with E-state index in [2.05, 4.69) is 21.1 Å². The number of nitrogens with zero attached hydrogens (tertiary/aromatic N) is 2. The van der Waals surface area contributed by atoms with Crippen molar-refractivity contribution in [2.24, 2.45) is 10.9 Å². The summed E-state index contributed by atoms with van der Waals surface area (Å²) in [7, 11) is 0. The van der Waals surface area contributed by atoms with E-state index >= 15 is 0 Å². The highest BCUT2D eigenvalue weighted by Crippen LogP contribution is 2.22. The molecule has 18 heavy (non-hydrogen) atoms. The number of likely N-dealkylation sites (N-methyl/N-ethyl adjacent to an activating group) is 1.